The largest absolute Gasteiger partial charge is 0.490 e. The summed E-state index contributed by atoms with van der Waals surface area (Å²) in [6, 6.07) is 9.48. The second-order valence-electron chi connectivity index (χ2n) is 7.29. The zero-order valence-electron chi connectivity index (χ0n) is 19.1. The number of aryl methyl sites for hydroxylation is 1. The first kappa shape index (κ1) is 24.8. The zero-order chi connectivity index (χ0) is 25.7. The average molecular weight is 559 g/mol. The van der Waals surface area contributed by atoms with E-state index in [2.05, 4.69) is 51.7 Å². The zero-order valence-corrected chi connectivity index (χ0v) is 20.7. The Morgan fingerprint density at radius 1 is 1.28 bits per heavy atom. The number of carbonyl (C=O) groups excluding carboxylic acids is 1. The summed E-state index contributed by atoms with van der Waals surface area (Å²) >= 11 is 3.49. The summed E-state index contributed by atoms with van der Waals surface area (Å²) in [5.41, 5.74) is 9.93. The van der Waals surface area contributed by atoms with Crippen molar-refractivity contribution in [3.63, 3.8) is 0 Å². The van der Waals surface area contributed by atoms with E-state index in [1.54, 1.807) is 31.2 Å². The third-order valence-electron chi connectivity index (χ3n) is 4.76. The summed E-state index contributed by atoms with van der Waals surface area (Å²) in [5, 5.41) is 18.9. The molecule has 0 aliphatic heterocycles. The first-order valence-corrected chi connectivity index (χ1v) is 11.3. The number of carbonyl (C=O) groups is 1. The van der Waals surface area contributed by atoms with Crippen LogP contribution >= 0.6 is 15.9 Å². The number of hydrogen-bond donors (Lipinski definition) is 2. The number of anilines is 1. The van der Waals surface area contributed by atoms with Crippen LogP contribution in [0.3, 0.4) is 0 Å². The number of benzene rings is 2. The lowest BCUT2D eigenvalue weighted by Gasteiger charge is -2.14. The predicted molar refractivity (Wildman–Crippen MR) is 129 cm³/mol. The molecule has 0 radical (unpaired) electrons. The second-order valence-corrected chi connectivity index (χ2v) is 8.14. The first-order valence-electron chi connectivity index (χ1n) is 10.5. The Bertz CT molecular complexity index is 1400. The number of nitrogens with one attached hydrogen (secondary N) is 1. The molecule has 186 valence electrons. The van der Waals surface area contributed by atoms with Gasteiger partial charge in [0.2, 0.25) is 11.6 Å². The van der Waals surface area contributed by atoms with Gasteiger partial charge in [0, 0.05) is 0 Å². The molecule has 1 amide bonds. The minimum absolute atomic E-state index is 0.0336. The van der Waals surface area contributed by atoms with Crippen LogP contribution in [0.25, 0.3) is 5.82 Å². The quantitative estimate of drug-likeness (QED) is 0.232. The van der Waals surface area contributed by atoms with Crippen LogP contribution in [0.1, 0.15) is 34.2 Å². The van der Waals surface area contributed by atoms with Crippen molar-refractivity contribution in [2.45, 2.75) is 20.5 Å². The standard InChI is InChI=1S/C22H20BrFN8O4/c1-3-34-17-9-14(8-16(23)19(17)35-11-13-4-6-15(24)7-5-13)10-26-28-22(33)18-12(2)27-31-32(18)21-20(25)29-36-30-21/h4-10H,3,11H2,1-2H3,(H2,25,29)(H,28,33)/b26-10+. The molecule has 2 aromatic carbocycles. The lowest BCUT2D eigenvalue weighted by Crippen LogP contribution is -2.22. The minimum atomic E-state index is -0.598. The second kappa shape index (κ2) is 10.9. The normalized spacial score (nSPS) is 11.1. The SMILES string of the molecule is CCOc1cc(/C=N/NC(=O)c2c(C)nnn2-c2nonc2N)cc(Br)c1OCc1ccc(F)cc1. The molecule has 36 heavy (non-hydrogen) atoms. The number of nitrogens with zero attached hydrogens (tertiary/aromatic N) is 6. The number of amides is 1. The first-order chi connectivity index (χ1) is 17.4. The lowest BCUT2D eigenvalue weighted by molar-refractivity contribution is 0.0946. The summed E-state index contributed by atoms with van der Waals surface area (Å²) in [5.74, 6) is 0.0136. The maximum atomic E-state index is 13.1. The molecular weight excluding hydrogens is 539 g/mol. The molecule has 0 fully saturated rings. The highest BCUT2D eigenvalue weighted by molar-refractivity contribution is 9.10. The molecule has 3 N–H and O–H groups in total. The number of halogens is 2. The minimum Gasteiger partial charge on any atom is -0.490 e. The Morgan fingerprint density at radius 2 is 2.06 bits per heavy atom. The van der Waals surface area contributed by atoms with Gasteiger partial charge in [0.1, 0.15) is 12.4 Å². The molecule has 2 aromatic heterocycles. The highest BCUT2D eigenvalue weighted by Crippen LogP contribution is 2.37. The van der Waals surface area contributed by atoms with E-state index < -0.39 is 5.91 Å². The molecule has 0 atom stereocenters. The number of nitrogen functional groups attached to an aromatic ring is 1. The molecule has 4 rings (SSSR count). The van der Waals surface area contributed by atoms with Crippen molar-refractivity contribution < 1.29 is 23.3 Å². The molecule has 0 aliphatic rings. The third-order valence-corrected chi connectivity index (χ3v) is 5.35. The van der Waals surface area contributed by atoms with Crippen LogP contribution in [0.4, 0.5) is 10.2 Å². The van der Waals surface area contributed by atoms with Crippen molar-refractivity contribution in [2.75, 3.05) is 12.3 Å². The molecule has 0 spiro atoms. The Kier molecular flexibility index (Phi) is 7.53. The van der Waals surface area contributed by atoms with Crippen molar-refractivity contribution in [1.29, 1.82) is 0 Å². The van der Waals surface area contributed by atoms with Gasteiger partial charge in [-0.05, 0) is 75.5 Å². The highest BCUT2D eigenvalue weighted by Gasteiger charge is 2.22. The Morgan fingerprint density at radius 3 is 2.75 bits per heavy atom. The Labute approximate surface area is 212 Å². The van der Waals surface area contributed by atoms with E-state index in [1.807, 2.05) is 6.92 Å². The smallest absolute Gasteiger partial charge is 0.292 e. The molecule has 0 bridgehead atoms. The Balaban J connectivity index is 1.49. The van der Waals surface area contributed by atoms with E-state index >= 15 is 0 Å². The number of hydrogen-bond acceptors (Lipinski definition) is 10. The van der Waals surface area contributed by atoms with Gasteiger partial charge in [0.05, 0.1) is 23.0 Å². The van der Waals surface area contributed by atoms with Gasteiger partial charge in [0.15, 0.2) is 17.2 Å². The van der Waals surface area contributed by atoms with Crippen molar-refractivity contribution in [2.24, 2.45) is 5.10 Å². The van der Waals surface area contributed by atoms with Gasteiger partial charge >= 0.3 is 0 Å². The summed E-state index contributed by atoms with van der Waals surface area (Å²) in [6.07, 6.45) is 1.43. The molecular formula is C22H20BrFN8O4. The number of nitrogens with two attached hydrogens (primary N) is 1. The fourth-order valence-electron chi connectivity index (χ4n) is 3.12. The van der Waals surface area contributed by atoms with Crippen LogP contribution in [0.15, 0.2) is 50.6 Å². The molecule has 2 heterocycles. The van der Waals surface area contributed by atoms with Gasteiger partial charge in [0.25, 0.3) is 5.91 Å². The van der Waals surface area contributed by atoms with E-state index in [1.165, 1.54) is 18.3 Å². The van der Waals surface area contributed by atoms with Crippen LogP contribution in [0.2, 0.25) is 0 Å². The van der Waals surface area contributed by atoms with Gasteiger partial charge < -0.3 is 15.2 Å². The third kappa shape index (κ3) is 5.49. The number of hydrazone groups is 1. The van der Waals surface area contributed by atoms with E-state index in [0.717, 1.165) is 10.2 Å². The van der Waals surface area contributed by atoms with Gasteiger partial charge in [-0.25, -0.2) is 14.4 Å². The topological polar surface area (TPSA) is 156 Å². The lowest BCUT2D eigenvalue weighted by atomic mass is 10.2. The fourth-order valence-corrected chi connectivity index (χ4v) is 3.70. The summed E-state index contributed by atoms with van der Waals surface area (Å²) in [4.78, 5) is 12.8. The van der Waals surface area contributed by atoms with Gasteiger partial charge in [-0.2, -0.15) is 9.78 Å². The average Bonchev–Trinajstić information content (AvgIpc) is 3.44. The van der Waals surface area contributed by atoms with Gasteiger partial charge in [-0.3, -0.25) is 4.79 Å². The molecule has 0 aliphatic carbocycles. The summed E-state index contributed by atoms with van der Waals surface area (Å²) in [7, 11) is 0. The van der Waals surface area contributed by atoms with Crippen LogP contribution in [0.5, 0.6) is 11.5 Å². The van der Waals surface area contributed by atoms with Crippen molar-refractivity contribution in [1.82, 2.24) is 30.7 Å². The number of aromatic nitrogens is 5. The van der Waals surface area contributed by atoms with E-state index in [-0.39, 0.29) is 29.8 Å². The van der Waals surface area contributed by atoms with Crippen LogP contribution in [-0.2, 0) is 6.61 Å². The van der Waals surface area contributed by atoms with Crippen molar-refractivity contribution >= 4 is 33.9 Å². The van der Waals surface area contributed by atoms with Crippen molar-refractivity contribution in [3.05, 3.63) is 69.2 Å². The predicted octanol–water partition coefficient (Wildman–Crippen LogP) is 3.18. The van der Waals surface area contributed by atoms with Gasteiger partial charge in [-0.1, -0.05) is 17.3 Å². The maximum absolute atomic E-state index is 13.1. The molecule has 12 nitrogen and oxygen atoms in total. The van der Waals surface area contributed by atoms with E-state index in [9.17, 15) is 9.18 Å². The van der Waals surface area contributed by atoms with Crippen LogP contribution in [-0.4, -0.2) is 44.0 Å². The molecule has 4 aromatic rings. The van der Waals surface area contributed by atoms with Crippen LogP contribution < -0.4 is 20.6 Å². The molecule has 14 heteroatoms. The maximum Gasteiger partial charge on any atom is 0.292 e. The Hall–Kier alpha value is -4.33. The van der Waals surface area contributed by atoms with E-state index in [0.29, 0.717) is 33.8 Å². The number of rotatable bonds is 9. The van der Waals surface area contributed by atoms with Crippen LogP contribution in [0, 0.1) is 12.7 Å². The van der Waals surface area contributed by atoms with Crippen molar-refractivity contribution in [3.8, 4) is 17.3 Å². The fraction of sp³-hybridized carbons (Fsp3) is 0.182. The summed E-state index contributed by atoms with van der Waals surface area (Å²) < 4.78 is 31.1. The summed E-state index contributed by atoms with van der Waals surface area (Å²) in [6.45, 7) is 4.05. The molecule has 0 saturated carbocycles. The highest BCUT2D eigenvalue weighted by atomic mass is 79.9. The molecule has 0 saturated heterocycles. The monoisotopic (exact) mass is 558 g/mol. The van der Waals surface area contributed by atoms with E-state index in [4.69, 9.17) is 15.2 Å². The molecule has 0 unspecified atom stereocenters. The number of ether oxygens (including phenoxy) is 2. The van der Waals surface area contributed by atoms with Gasteiger partial charge in [-0.15, -0.1) is 5.10 Å².